The van der Waals surface area contributed by atoms with E-state index in [9.17, 15) is 4.79 Å². The average molecular weight is 350 g/mol. The van der Waals surface area contributed by atoms with Crippen molar-refractivity contribution in [3.05, 3.63) is 65.9 Å². The molecule has 5 nitrogen and oxygen atoms in total. The number of hydrogen-bond donors (Lipinski definition) is 1. The zero-order chi connectivity index (χ0) is 18.5. The number of anilines is 1. The Hall–Kier alpha value is -3.08. The normalized spacial score (nSPS) is 11.8. The molecule has 0 fully saturated rings. The van der Waals surface area contributed by atoms with E-state index in [1.165, 1.54) is 5.56 Å². The molecule has 0 aliphatic carbocycles. The molecule has 1 N–H and O–H groups in total. The van der Waals surface area contributed by atoms with Gasteiger partial charge in [0.15, 0.2) is 11.9 Å². The van der Waals surface area contributed by atoms with E-state index in [1.54, 1.807) is 13.0 Å². The van der Waals surface area contributed by atoms with Gasteiger partial charge in [0.1, 0.15) is 11.5 Å². The quantitative estimate of drug-likeness (QED) is 0.696. The first-order valence-corrected chi connectivity index (χ1v) is 8.63. The summed E-state index contributed by atoms with van der Waals surface area (Å²) in [4.78, 5) is 12.4. The smallest absolute Gasteiger partial charge is 0.266 e. The van der Waals surface area contributed by atoms with Crippen LogP contribution in [0.4, 0.5) is 5.82 Å². The summed E-state index contributed by atoms with van der Waals surface area (Å²) < 4.78 is 10.8. The van der Waals surface area contributed by atoms with Crippen LogP contribution in [0.5, 0.6) is 5.75 Å². The molecule has 0 aliphatic heterocycles. The van der Waals surface area contributed by atoms with Crippen LogP contribution in [0.2, 0.25) is 0 Å². The Bertz CT molecular complexity index is 867. The van der Waals surface area contributed by atoms with Crippen LogP contribution in [-0.4, -0.2) is 17.2 Å². The lowest BCUT2D eigenvalue weighted by Crippen LogP contribution is -2.32. The lowest BCUT2D eigenvalue weighted by Gasteiger charge is -2.16. The van der Waals surface area contributed by atoms with E-state index < -0.39 is 6.10 Å². The van der Waals surface area contributed by atoms with E-state index in [2.05, 4.69) is 41.7 Å². The fourth-order valence-corrected chi connectivity index (χ4v) is 2.59. The van der Waals surface area contributed by atoms with Crippen molar-refractivity contribution < 1.29 is 14.1 Å². The lowest BCUT2D eigenvalue weighted by atomic mass is 10.0. The number of aryl methyl sites for hydroxylation is 2. The fraction of sp³-hybridized carbons (Fsp3) is 0.238. The fourth-order valence-electron chi connectivity index (χ4n) is 2.59. The van der Waals surface area contributed by atoms with Crippen molar-refractivity contribution in [2.45, 2.75) is 33.3 Å². The molecule has 0 spiro atoms. The van der Waals surface area contributed by atoms with Crippen molar-refractivity contribution >= 4 is 11.7 Å². The molecule has 0 bridgehead atoms. The number of carbonyl (C=O) groups is 1. The van der Waals surface area contributed by atoms with Crippen LogP contribution in [0.3, 0.4) is 0 Å². The molecule has 0 unspecified atom stereocenters. The third-order valence-corrected chi connectivity index (χ3v) is 4.06. The third kappa shape index (κ3) is 4.30. The minimum absolute atomic E-state index is 0.247. The van der Waals surface area contributed by atoms with Gasteiger partial charge in [-0.2, -0.15) is 0 Å². The van der Waals surface area contributed by atoms with Crippen LogP contribution in [0, 0.1) is 13.8 Å². The molecular weight excluding hydrogens is 328 g/mol. The monoisotopic (exact) mass is 350 g/mol. The number of nitrogens with one attached hydrogen (secondary N) is 1. The van der Waals surface area contributed by atoms with Crippen molar-refractivity contribution in [3.63, 3.8) is 0 Å². The van der Waals surface area contributed by atoms with E-state index in [0.717, 1.165) is 11.1 Å². The molecule has 0 radical (unpaired) electrons. The van der Waals surface area contributed by atoms with Crippen LogP contribution in [0.25, 0.3) is 11.1 Å². The van der Waals surface area contributed by atoms with Crippen LogP contribution in [0.15, 0.2) is 59.1 Å². The molecule has 5 heteroatoms. The number of ether oxygens (including phenoxy) is 1. The maximum absolute atomic E-state index is 12.4. The number of nitrogens with zero attached hydrogens (tertiary/aromatic N) is 1. The highest BCUT2D eigenvalue weighted by Crippen LogP contribution is 2.24. The second-order valence-corrected chi connectivity index (χ2v) is 6.22. The first-order valence-electron chi connectivity index (χ1n) is 8.63. The number of hydrogen-bond acceptors (Lipinski definition) is 4. The van der Waals surface area contributed by atoms with Gasteiger partial charge in [-0.3, -0.25) is 4.79 Å². The van der Waals surface area contributed by atoms with Gasteiger partial charge in [0.05, 0.1) is 0 Å². The summed E-state index contributed by atoms with van der Waals surface area (Å²) in [6.45, 7) is 5.74. The molecule has 3 rings (SSSR count). The van der Waals surface area contributed by atoms with E-state index in [4.69, 9.17) is 9.26 Å². The second kappa shape index (κ2) is 7.87. The van der Waals surface area contributed by atoms with Crippen LogP contribution in [-0.2, 0) is 4.79 Å². The first kappa shape index (κ1) is 17.7. The number of rotatable bonds is 6. The Kier molecular flexibility index (Phi) is 5.37. The van der Waals surface area contributed by atoms with Crippen molar-refractivity contribution in [1.29, 1.82) is 0 Å². The van der Waals surface area contributed by atoms with Crippen molar-refractivity contribution in [2.24, 2.45) is 0 Å². The Labute approximate surface area is 153 Å². The largest absolute Gasteiger partial charge is 0.481 e. The number of benzene rings is 2. The maximum atomic E-state index is 12.4. The van der Waals surface area contributed by atoms with Crippen molar-refractivity contribution in [1.82, 2.24) is 5.16 Å². The minimum Gasteiger partial charge on any atom is -0.481 e. The average Bonchev–Trinajstić information content (AvgIpc) is 3.05. The lowest BCUT2D eigenvalue weighted by molar-refractivity contribution is -0.122. The molecule has 0 saturated carbocycles. The summed E-state index contributed by atoms with van der Waals surface area (Å²) in [5.41, 5.74) is 3.48. The van der Waals surface area contributed by atoms with Gasteiger partial charge in [-0.25, -0.2) is 0 Å². The minimum atomic E-state index is -0.600. The van der Waals surface area contributed by atoms with E-state index >= 15 is 0 Å². The molecule has 1 aromatic heterocycles. The molecule has 1 amide bonds. The van der Waals surface area contributed by atoms with Gasteiger partial charge >= 0.3 is 0 Å². The zero-order valence-electron chi connectivity index (χ0n) is 15.2. The molecule has 3 aromatic rings. The molecule has 26 heavy (non-hydrogen) atoms. The van der Waals surface area contributed by atoms with E-state index in [1.807, 2.05) is 31.2 Å². The zero-order valence-corrected chi connectivity index (χ0v) is 15.2. The number of carbonyl (C=O) groups excluding carboxylic acids is 1. The predicted molar refractivity (Wildman–Crippen MR) is 101 cm³/mol. The Morgan fingerprint density at radius 2 is 1.69 bits per heavy atom. The van der Waals surface area contributed by atoms with Crippen molar-refractivity contribution in [3.8, 4) is 16.9 Å². The number of amides is 1. The molecule has 2 aromatic carbocycles. The molecular formula is C21H22N2O3. The van der Waals surface area contributed by atoms with Gasteiger partial charge in [0.25, 0.3) is 5.91 Å². The summed E-state index contributed by atoms with van der Waals surface area (Å²) in [6.07, 6.45) is -0.0558. The Balaban J connectivity index is 1.66. The summed E-state index contributed by atoms with van der Waals surface area (Å²) in [6, 6.07) is 17.8. The van der Waals surface area contributed by atoms with Crippen molar-refractivity contribution in [2.75, 3.05) is 5.32 Å². The molecule has 134 valence electrons. The molecule has 1 heterocycles. The van der Waals surface area contributed by atoms with Gasteiger partial charge in [-0.1, -0.05) is 54.0 Å². The highest BCUT2D eigenvalue weighted by molar-refractivity contribution is 5.93. The first-order chi connectivity index (χ1) is 12.5. The predicted octanol–water partition coefficient (Wildman–Crippen LogP) is 4.75. The van der Waals surface area contributed by atoms with Crippen LogP contribution < -0.4 is 10.1 Å². The van der Waals surface area contributed by atoms with Gasteiger partial charge in [-0.05, 0) is 43.5 Å². The summed E-state index contributed by atoms with van der Waals surface area (Å²) in [5.74, 6) is 1.44. The highest BCUT2D eigenvalue weighted by atomic mass is 16.5. The standard InChI is InChI=1S/C21H22N2O3/c1-4-19(21(24)22-20-13-15(3)26-23-20)25-18-11-9-17(10-12-18)16-7-5-14(2)6-8-16/h5-13,19H,4H2,1-3H3,(H,22,23,24)/t19-/m0/s1. The molecule has 0 saturated heterocycles. The summed E-state index contributed by atoms with van der Waals surface area (Å²) in [5, 5.41) is 6.48. The van der Waals surface area contributed by atoms with Crippen LogP contribution >= 0.6 is 0 Å². The SMILES string of the molecule is CC[C@H](Oc1ccc(-c2ccc(C)cc2)cc1)C(=O)Nc1cc(C)on1. The van der Waals surface area contributed by atoms with E-state index in [-0.39, 0.29) is 5.91 Å². The van der Waals surface area contributed by atoms with Crippen LogP contribution in [0.1, 0.15) is 24.7 Å². The summed E-state index contributed by atoms with van der Waals surface area (Å²) in [7, 11) is 0. The van der Waals surface area contributed by atoms with E-state index in [0.29, 0.717) is 23.7 Å². The summed E-state index contributed by atoms with van der Waals surface area (Å²) >= 11 is 0. The Morgan fingerprint density at radius 1 is 1.08 bits per heavy atom. The number of aromatic nitrogens is 1. The second-order valence-electron chi connectivity index (χ2n) is 6.22. The third-order valence-electron chi connectivity index (χ3n) is 4.06. The molecule has 1 atom stereocenters. The van der Waals surface area contributed by atoms with Gasteiger partial charge in [0, 0.05) is 6.07 Å². The molecule has 0 aliphatic rings. The maximum Gasteiger partial charge on any atom is 0.266 e. The van der Waals surface area contributed by atoms with Gasteiger partial charge in [-0.15, -0.1) is 0 Å². The highest BCUT2D eigenvalue weighted by Gasteiger charge is 2.19. The van der Waals surface area contributed by atoms with Gasteiger partial charge < -0.3 is 14.6 Å². The Morgan fingerprint density at radius 3 is 2.23 bits per heavy atom. The van der Waals surface area contributed by atoms with Gasteiger partial charge in [0.2, 0.25) is 0 Å². The topological polar surface area (TPSA) is 64.4 Å².